The summed E-state index contributed by atoms with van der Waals surface area (Å²) in [5, 5.41) is 0. The van der Waals surface area contributed by atoms with E-state index in [1.807, 2.05) is 13.0 Å². The summed E-state index contributed by atoms with van der Waals surface area (Å²) in [7, 11) is -3.59. The van der Waals surface area contributed by atoms with Crippen molar-refractivity contribution in [2.24, 2.45) is 0 Å². The van der Waals surface area contributed by atoms with E-state index in [9.17, 15) is 18.0 Å². The van der Waals surface area contributed by atoms with E-state index in [4.69, 9.17) is 0 Å². The third kappa shape index (κ3) is 4.50. The van der Waals surface area contributed by atoms with Crippen LogP contribution in [0.25, 0.3) is 0 Å². The Bertz CT molecular complexity index is 1080. The second-order valence-corrected chi connectivity index (χ2v) is 10.0. The Morgan fingerprint density at radius 3 is 2.39 bits per heavy atom. The molecule has 0 bridgehead atoms. The molecule has 0 aliphatic carbocycles. The number of carbonyl (C=O) groups excluding carboxylic acids is 2. The second kappa shape index (κ2) is 8.80. The van der Waals surface area contributed by atoms with Crippen LogP contribution < -0.4 is 4.90 Å². The molecule has 164 valence electrons. The second-order valence-electron chi connectivity index (χ2n) is 8.06. The molecular weight excluding hydrogens is 414 g/mol. The molecule has 2 aromatic rings. The van der Waals surface area contributed by atoms with Gasteiger partial charge in [-0.25, -0.2) is 8.42 Å². The number of nitrogens with zero attached hydrogens (tertiary/aromatic N) is 3. The highest BCUT2D eigenvalue weighted by molar-refractivity contribution is 7.89. The van der Waals surface area contributed by atoms with Gasteiger partial charge in [0.05, 0.1) is 4.90 Å². The molecule has 2 fully saturated rings. The maximum atomic E-state index is 13.1. The molecule has 0 radical (unpaired) electrons. The maximum Gasteiger partial charge on any atom is 0.253 e. The molecule has 2 saturated heterocycles. The molecule has 0 unspecified atom stereocenters. The lowest BCUT2D eigenvalue weighted by Crippen LogP contribution is -2.37. The summed E-state index contributed by atoms with van der Waals surface area (Å²) in [5.41, 5.74) is 2.27. The van der Waals surface area contributed by atoms with Crippen LogP contribution in [0.4, 0.5) is 5.69 Å². The number of aryl methyl sites for hydroxylation is 1. The van der Waals surface area contributed by atoms with Gasteiger partial charge in [0.2, 0.25) is 15.9 Å². The summed E-state index contributed by atoms with van der Waals surface area (Å²) in [5.74, 6) is -0.0561. The van der Waals surface area contributed by atoms with E-state index >= 15 is 0 Å². The molecule has 2 heterocycles. The van der Waals surface area contributed by atoms with Crippen molar-refractivity contribution in [2.75, 3.05) is 37.6 Å². The molecule has 0 N–H and O–H groups in total. The van der Waals surface area contributed by atoms with Crippen LogP contribution in [0.15, 0.2) is 53.4 Å². The average Bonchev–Trinajstić information content (AvgIpc) is 3.04. The molecule has 2 aliphatic rings. The van der Waals surface area contributed by atoms with E-state index in [1.165, 1.54) is 4.31 Å². The van der Waals surface area contributed by atoms with Gasteiger partial charge in [0.15, 0.2) is 0 Å². The number of hydrogen-bond acceptors (Lipinski definition) is 4. The first-order chi connectivity index (χ1) is 14.9. The Morgan fingerprint density at radius 2 is 1.68 bits per heavy atom. The largest absolute Gasteiger partial charge is 0.337 e. The Kier molecular flexibility index (Phi) is 6.11. The van der Waals surface area contributed by atoms with E-state index in [0.29, 0.717) is 44.6 Å². The highest BCUT2D eigenvalue weighted by Gasteiger charge is 2.29. The van der Waals surface area contributed by atoms with Crippen molar-refractivity contribution in [3.63, 3.8) is 0 Å². The topological polar surface area (TPSA) is 78.0 Å². The Hall–Kier alpha value is -2.71. The lowest BCUT2D eigenvalue weighted by atomic mass is 10.1. The first kappa shape index (κ1) is 21.5. The van der Waals surface area contributed by atoms with Crippen LogP contribution in [0, 0.1) is 6.92 Å². The number of rotatable bonds is 4. The highest BCUT2D eigenvalue weighted by Crippen LogP contribution is 2.24. The van der Waals surface area contributed by atoms with Crippen LogP contribution in [0.5, 0.6) is 0 Å². The van der Waals surface area contributed by atoms with Crippen molar-refractivity contribution < 1.29 is 18.0 Å². The van der Waals surface area contributed by atoms with Gasteiger partial charge in [-0.1, -0.05) is 23.8 Å². The summed E-state index contributed by atoms with van der Waals surface area (Å²) in [4.78, 5) is 28.9. The summed E-state index contributed by atoms with van der Waals surface area (Å²) < 4.78 is 27.5. The lowest BCUT2D eigenvalue weighted by Gasteiger charge is -2.23. The molecule has 0 atom stereocenters. The van der Waals surface area contributed by atoms with Gasteiger partial charge in [0.25, 0.3) is 5.91 Å². The van der Waals surface area contributed by atoms with Gasteiger partial charge in [0, 0.05) is 50.4 Å². The van der Waals surface area contributed by atoms with Crippen molar-refractivity contribution in [2.45, 2.75) is 31.1 Å². The lowest BCUT2D eigenvalue weighted by molar-refractivity contribution is -0.117. The molecule has 0 spiro atoms. The zero-order valence-corrected chi connectivity index (χ0v) is 18.5. The molecule has 2 aromatic carbocycles. The smallest absolute Gasteiger partial charge is 0.253 e. The number of carbonyl (C=O) groups is 2. The fourth-order valence-corrected chi connectivity index (χ4v) is 5.58. The molecule has 31 heavy (non-hydrogen) atoms. The van der Waals surface area contributed by atoms with Crippen LogP contribution in [-0.2, 0) is 14.8 Å². The summed E-state index contributed by atoms with van der Waals surface area (Å²) >= 11 is 0. The Morgan fingerprint density at radius 1 is 0.903 bits per heavy atom. The van der Waals surface area contributed by atoms with Crippen LogP contribution in [0.1, 0.15) is 35.2 Å². The molecule has 0 aromatic heterocycles. The van der Waals surface area contributed by atoms with Gasteiger partial charge < -0.3 is 9.80 Å². The Labute approximate surface area is 183 Å². The minimum Gasteiger partial charge on any atom is -0.337 e. The van der Waals surface area contributed by atoms with Crippen LogP contribution in [0.3, 0.4) is 0 Å². The third-order valence-electron chi connectivity index (χ3n) is 5.88. The van der Waals surface area contributed by atoms with Crippen molar-refractivity contribution in [1.82, 2.24) is 9.21 Å². The Balaban J connectivity index is 1.47. The van der Waals surface area contributed by atoms with Gasteiger partial charge in [-0.15, -0.1) is 0 Å². The van der Waals surface area contributed by atoms with Gasteiger partial charge in [-0.2, -0.15) is 4.31 Å². The minimum absolute atomic E-state index is 0.0799. The molecule has 2 amide bonds. The highest BCUT2D eigenvalue weighted by atomic mass is 32.2. The van der Waals surface area contributed by atoms with Crippen molar-refractivity contribution in [3.8, 4) is 0 Å². The SMILES string of the molecule is Cc1ccc(S(=O)(=O)N2CCCN(C(=O)c3cccc(N4CCCC4=O)c3)CC2)cc1. The molecule has 2 aliphatic heterocycles. The maximum absolute atomic E-state index is 13.1. The van der Waals surface area contributed by atoms with E-state index in [1.54, 1.807) is 52.3 Å². The number of amides is 2. The summed E-state index contributed by atoms with van der Waals surface area (Å²) in [6.07, 6.45) is 1.94. The fraction of sp³-hybridized carbons (Fsp3) is 0.391. The van der Waals surface area contributed by atoms with E-state index in [-0.39, 0.29) is 23.3 Å². The van der Waals surface area contributed by atoms with Gasteiger partial charge in [-0.3, -0.25) is 9.59 Å². The summed E-state index contributed by atoms with van der Waals surface area (Å²) in [6, 6.07) is 14.0. The standard InChI is InChI=1S/C23H27N3O4S/c1-18-8-10-21(11-9-18)31(29,30)25-13-4-12-24(15-16-25)23(28)19-5-2-6-20(17-19)26-14-3-7-22(26)27/h2,5-6,8-11,17H,3-4,7,12-16H2,1H3. The van der Waals surface area contributed by atoms with Crippen molar-refractivity contribution in [3.05, 3.63) is 59.7 Å². The molecule has 0 saturated carbocycles. The molecule has 8 heteroatoms. The quantitative estimate of drug-likeness (QED) is 0.731. The zero-order valence-electron chi connectivity index (χ0n) is 17.7. The predicted molar refractivity (Wildman–Crippen MR) is 118 cm³/mol. The fourth-order valence-electron chi connectivity index (χ4n) is 4.11. The monoisotopic (exact) mass is 441 g/mol. The van der Waals surface area contributed by atoms with Gasteiger partial charge in [-0.05, 0) is 50.1 Å². The average molecular weight is 442 g/mol. The molecule has 4 rings (SSSR count). The van der Waals surface area contributed by atoms with Crippen LogP contribution in [0.2, 0.25) is 0 Å². The molecular formula is C23H27N3O4S. The van der Waals surface area contributed by atoms with E-state index in [2.05, 4.69) is 0 Å². The predicted octanol–water partition coefficient (Wildman–Crippen LogP) is 2.66. The molecule has 7 nitrogen and oxygen atoms in total. The van der Waals surface area contributed by atoms with Gasteiger partial charge >= 0.3 is 0 Å². The van der Waals surface area contributed by atoms with E-state index < -0.39 is 10.0 Å². The first-order valence-electron chi connectivity index (χ1n) is 10.6. The number of anilines is 1. The number of benzene rings is 2. The van der Waals surface area contributed by atoms with Crippen molar-refractivity contribution >= 4 is 27.5 Å². The number of sulfonamides is 1. The zero-order chi connectivity index (χ0) is 22.0. The number of hydrogen-bond donors (Lipinski definition) is 0. The van der Waals surface area contributed by atoms with Crippen LogP contribution >= 0.6 is 0 Å². The van der Waals surface area contributed by atoms with Crippen molar-refractivity contribution in [1.29, 1.82) is 0 Å². The third-order valence-corrected chi connectivity index (χ3v) is 7.79. The van der Waals surface area contributed by atoms with Gasteiger partial charge in [0.1, 0.15) is 0 Å². The van der Waals surface area contributed by atoms with E-state index in [0.717, 1.165) is 17.7 Å². The normalized spacial score (nSPS) is 18.3. The summed E-state index contributed by atoms with van der Waals surface area (Å²) in [6.45, 7) is 4.05. The first-order valence-corrected chi connectivity index (χ1v) is 12.1. The minimum atomic E-state index is -3.59. The van der Waals surface area contributed by atoms with Crippen LogP contribution in [-0.4, -0.2) is 62.2 Å².